The van der Waals surface area contributed by atoms with Crippen molar-refractivity contribution in [2.45, 2.75) is 19.3 Å². The molecule has 0 radical (unpaired) electrons. The van der Waals surface area contributed by atoms with Gasteiger partial charge in [0, 0.05) is 12.6 Å². The van der Waals surface area contributed by atoms with Crippen LogP contribution in [-0.2, 0) is 4.79 Å². The SMILES string of the molecule is COc1cccc(/C=C/C(=O)NCCCCCN)c1. The van der Waals surface area contributed by atoms with Gasteiger partial charge in [-0.25, -0.2) is 0 Å². The molecule has 0 heterocycles. The number of nitrogens with two attached hydrogens (primary N) is 1. The first kappa shape index (κ1) is 15.2. The number of hydrogen-bond acceptors (Lipinski definition) is 3. The van der Waals surface area contributed by atoms with E-state index in [0.717, 1.165) is 30.6 Å². The largest absolute Gasteiger partial charge is 0.497 e. The monoisotopic (exact) mass is 262 g/mol. The molecule has 104 valence electrons. The van der Waals surface area contributed by atoms with Crippen molar-refractivity contribution in [2.24, 2.45) is 5.73 Å². The maximum Gasteiger partial charge on any atom is 0.243 e. The van der Waals surface area contributed by atoms with Crippen molar-refractivity contribution >= 4 is 12.0 Å². The van der Waals surface area contributed by atoms with Crippen molar-refractivity contribution in [1.29, 1.82) is 0 Å². The van der Waals surface area contributed by atoms with Crippen molar-refractivity contribution in [3.63, 3.8) is 0 Å². The van der Waals surface area contributed by atoms with E-state index in [2.05, 4.69) is 5.32 Å². The van der Waals surface area contributed by atoms with Crippen LogP contribution in [0.2, 0.25) is 0 Å². The van der Waals surface area contributed by atoms with E-state index in [1.807, 2.05) is 24.3 Å². The van der Waals surface area contributed by atoms with Crippen LogP contribution >= 0.6 is 0 Å². The minimum Gasteiger partial charge on any atom is -0.497 e. The van der Waals surface area contributed by atoms with Crippen LogP contribution in [0.25, 0.3) is 6.08 Å². The summed E-state index contributed by atoms with van der Waals surface area (Å²) in [5, 5.41) is 2.84. The highest BCUT2D eigenvalue weighted by Gasteiger charge is 1.96. The Balaban J connectivity index is 2.32. The fraction of sp³-hybridized carbons (Fsp3) is 0.400. The van der Waals surface area contributed by atoms with Crippen LogP contribution in [0.5, 0.6) is 5.75 Å². The number of hydrogen-bond donors (Lipinski definition) is 2. The molecule has 0 aromatic heterocycles. The fourth-order valence-electron chi connectivity index (χ4n) is 1.63. The Labute approximate surface area is 114 Å². The van der Waals surface area contributed by atoms with Gasteiger partial charge in [-0.3, -0.25) is 4.79 Å². The molecule has 0 aliphatic heterocycles. The van der Waals surface area contributed by atoms with Gasteiger partial charge in [-0.05, 0) is 43.2 Å². The second kappa shape index (κ2) is 9.16. The number of nitrogens with one attached hydrogen (secondary N) is 1. The minimum absolute atomic E-state index is 0.0735. The van der Waals surface area contributed by atoms with E-state index in [1.165, 1.54) is 6.08 Å². The first-order chi connectivity index (χ1) is 9.26. The zero-order valence-corrected chi connectivity index (χ0v) is 11.4. The molecular formula is C15H22N2O2. The highest BCUT2D eigenvalue weighted by molar-refractivity contribution is 5.91. The molecule has 4 nitrogen and oxygen atoms in total. The fourth-order valence-corrected chi connectivity index (χ4v) is 1.63. The molecule has 0 aliphatic rings. The Morgan fingerprint density at radius 3 is 2.95 bits per heavy atom. The lowest BCUT2D eigenvalue weighted by Crippen LogP contribution is -2.22. The first-order valence-electron chi connectivity index (χ1n) is 6.56. The Hall–Kier alpha value is -1.81. The van der Waals surface area contributed by atoms with Crippen molar-refractivity contribution < 1.29 is 9.53 Å². The molecule has 0 saturated heterocycles. The predicted octanol–water partition coefficient (Wildman–Crippen LogP) is 1.95. The molecule has 4 heteroatoms. The van der Waals surface area contributed by atoms with E-state index in [-0.39, 0.29) is 5.91 Å². The van der Waals surface area contributed by atoms with Gasteiger partial charge >= 0.3 is 0 Å². The molecule has 0 aliphatic carbocycles. The normalized spacial score (nSPS) is 10.6. The van der Waals surface area contributed by atoms with Crippen LogP contribution in [0.1, 0.15) is 24.8 Å². The quantitative estimate of drug-likeness (QED) is 0.556. The summed E-state index contributed by atoms with van der Waals surface area (Å²) in [6.45, 7) is 1.41. The number of rotatable bonds is 8. The Kier molecular flexibility index (Phi) is 7.35. The molecule has 0 unspecified atom stereocenters. The average Bonchev–Trinajstić information content (AvgIpc) is 2.45. The summed E-state index contributed by atoms with van der Waals surface area (Å²) in [5.74, 6) is 0.708. The van der Waals surface area contributed by atoms with Crippen molar-refractivity contribution in [3.05, 3.63) is 35.9 Å². The summed E-state index contributed by atoms with van der Waals surface area (Å²) in [7, 11) is 1.62. The Bertz CT molecular complexity index is 416. The molecule has 19 heavy (non-hydrogen) atoms. The molecule has 1 rings (SSSR count). The van der Waals surface area contributed by atoms with Crippen LogP contribution < -0.4 is 15.8 Å². The van der Waals surface area contributed by atoms with E-state index in [0.29, 0.717) is 13.1 Å². The highest BCUT2D eigenvalue weighted by atomic mass is 16.5. The van der Waals surface area contributed by atoms with Crippen LogP contribution in [0.15, 0.2) is 30.3 Å². The second-order valence-corrected chi connectivity index (χ2v) is 4.25. The van der Waals surface area contributed by atoms with Gasteiger partial charge in [0.25, 0.3) is 0 Å². The third-order valence-corrected chi connectivity index (χ3v) is 2.70. The topological polar surface area (TPSA) is 64.3 Å². The molecule has 1 aromatic carbocycles. The molecule has 0 bridgehead atoms. The summed E-state index contributed by atoms with van der Waals surface area (Å²) in [6, 6.07) is 7.57. The molecular weight excluding hydrogens is 240 g/mol. The van der Waals surface area contributed by atoms with Crippen LogP contribution in [-0.4, -0.2) is 26.1 Å². The minimum atomic E-state index is -0.0735. The Morgan fingerprint density at radius 2 is 2.21 bits per heavy atom. The predicted molar refractivity (Wildman–Crippen MR) is 77.9 cm³/mol. The standard InChI is InChI=1S/C15H22N2O2/c1-19-14-7-5-6-13(12-14)8-9-15(18)17-11-4-2-3-10-16/h5-9,12H,2-4,10-11,16H2,1H3,(H,17,18)/b9-8+. The summed E-state index contributed by atoms with van der Waals surface area (Å²) in [5.41, 5.74) is 6.34. The summed E-state index contributed by atoms with van der Waals surface area (Å²) in [6.07, 6.45) is 6.34. The van der Waals surface area contributed by atoms with Crippen LogP contribution in [0.3, 0.4) is 0 Å². The molecule has 1 aromatic rings. The molecule has 0 saturated carbocycles. The van der Waals surface area contributed by atoms with Crippen LogP contribution in [0.4, 0.5) is 0 Å². The number of methoxy groups -OCH3 is 1. The van der Waals surface area contributed by atoms with Crippen molar-refractivity contribution in [2.75, 3.05) is 20.2 Å². The van der Waals surface area contributed by atoms with Gasteiger partial charge in [-0.15, -0.1) is 0 Å². The van der Waals surface area contributed by atoms with Gasteiger partial charge in [-0.1, -0.05) is 18.6 Å². The van der Waals surface area contributed by atoms with E-state index in [4.69, 9.17) is 10.5 Å². The number of amides is 1. The number of carbonyl (C=O) groups excluding carboxylic acids is 1. The second-order valence-electron chi connectivity index (χ2n) is 4.25. The lowest BCUT2D eigenvalue weighted by molar-refractivity contribution is -0.116. The van der Waals surface area contributed by atoms with Crippen molar-refractivity contribution in [1.82, 2.24) is 5.32 Å². The van der Waals surface area contributed by atoms with E-state index in [1.54, 1.807) is 13.2 Å². The van der Waals surface area contributed by atoms with Gasteiger partial charge in [0.2, 0.25) is 5.91 Å². The van der Waals surface area contributed by atoms with Gasteiger partial charge in [0.15, 0.2) is 0 Å². The maximum absolute atomic E-state index is 11.5. The third-order valence-electron chi connectivity index (χ3n) is 2.70. The zero-order valence-electron chi connectivity index (χ0n) is 11.4. The van der Waals surface area contributed by atoms with Gasteiger partial charge < -0.3 is 15.8 Å². The number of unbranched alkanes of at least 4 members (excludes halogenated alkanes) is 2. The number of benzene rings is 1. The zero-order chi connectivity index (χ0) is 13.9. The lowest BCUT2D eigenvalue weighted by Gasteiger charge is -2.02. The average molecular weight is 262 g/mol. The maximum atomic E-state index is 11.5. The first-order valence-corrected chi connectivity index (χ1v) is 6.56. The summed E-state index contributed by atoms with van der Waals surface area (Å²) < 4.78 is 5.12. The highest BCUT2D eigenvalue weighted by Crippen LogP contribution is 2.13. The molecule has 0 spiro atoms. The molecule has 3 N–H and O–H groups in total. The van der Waals surface area contributed by atoms with E-state index >= 15 is 0 Å². The van der Waals surface area contributed by atoms with Crippen LogP contribution in [0, 0.1) is 0 Å². The van der Waals surface area contributed by atoms with E-state index in [9.17, 15) is 4.79 Å². The van der Waals surface area contributed by atoms with E-state index < -0.39 is 0 Å². The summed E-state index contributed by atoms with van der Waals surface area (Å²) in [4.78, 5) is 11.5. The summed E-state index contributed by atoms with van der Waals surface area (Å²) >= 11 is 0. The lowest BCUT2D eigenvalue weighted by atomic mass is 10.2. The number of carbonyl (C=O) groups is 1. The van der Waals surface area contributed by atoms with Gasteiger partial charge in [0.1, 0.15) is 5.75 Å². The van der Waals surface area contributed by atoms with Gasteiger partial charge in [-0.2, -0.15) is 0 Å². The van der Waals surface area contributed by atoms with Gasteiger partial charge in [0.05, 0.1) is 7.11 Å². The Morgan fingerprint density at radius 1 is 1.37 bits per heavy atom. The third kappa shape index (κ3) is 6.62. The molecule has 0 fully saturated rings. The molecule has 1 amide bonds. The smallest absolute Gasteiger partial charge is 0.243 e. The molecule has 0 atom stereocenters. The van der Waals surface area contributed by atoms with Crippen molar-refractivity contribution in [3.8, 4) is 5.75 Å². The number of ether oxygens (including phenoxy) is 1.